The molecule has 1 heterocycles. The van der Waals surface area contributed by atoms with E-state index in [0.717, 1.165) is 12.1 Å². The summed E-state index contributed by atoms with van der Waals surface area (Å²) in [5.41, 5.74) is 6.25. The number of alkyl halides is 3. The van der Waals surface area contributed by atoms with E-state index in [1.807, 2.05) is 0 Å². The zero-order valence-corrected chi connectivity index (χ0v) is 9.69. The fourth-order valence-corrected chi connectivity index (χ4v) is 2.09. The number of nitrogens with two attached hydrogens (primary N) is 1. The quantitative estimate of drug-likeness (QED) is 0.788. The molecule has 0 saturated carbocycles. The first kappa shape index (κ1) is 12.0. The Morgan fingerprint density at radius 1 is 1.24 bits per heavy atom. The number of nitrogen functional groups attached to an aromatic ring is 1. The second-order valence-corrected chi connectivity index (χ2v) is 4.55. The first-order chi connectivity index (χ1) is 7.86. The third-order valence-electron chi connectivity index (χ3n) is 2.22. The van der Waals surface area contributed by atoms with Crippen molar-refractivity contribution in [2.24, 2.45) is 0 Å². The summed E-state index contributed by atoms with van der Waals surface area (Å²) in [6.45, 7) is 0. The van der Waals surface area contributed by atoms with E-state index in [1.54, 1.807) is 19.3 Å². The molecule has 1 aromatic carbocycles. The second kappa shape index (κ2) is 4.07. The molecule has 0 aliphatic carbocycles. The van der Waals surface area contributed by atoms with Gasteiger partial charge in [-0.25, -0.2) is 4.98 Å². The van der Waals surface area contributed by atoms with Gasteiger partial charge in [0.25, 0.3) is 0 Å². The van der Waals surface area contributed by atoms with Crippen molar-refractivity contribution in [2.45, 2.75) is 6.18 Å². The largest absolute Gasteiger partial charge is 0.416 e. The molecule has 0 spiro atoms. The van der Waals surface area contributed by atoms with Crippen LogP contribution in [0.25, 0.3) is 11.3 Å². The highest BCUT2D eigenvalue weighted by Crippen LogP contribution is 2.32. The van der Waals surface area contributed by atoms with Gasteiger partial charge in [-0.1, -0.05) is 17.6 Å². The van der Waals surface area contributed by atoms with E-state index in [9.17, 15) is 13.2 Å². The normalized spacial score (nSPS) is 11.7. The molecular weight excluding hydrogens is 248 g/mol. The maximum absolute atomic E-state index is 12.6. The fourth-order valence-electron chi connectivity index (χ4n) is 1.51. The Morgan fingerprint density at radius 3 is 2.47 bits per heavy atom. The molecule has 0 radical (unpaired) electrons. The molecule has 2 nitrogen and oxygen atoms in total. The van der Waals surface area contributed by atoms with E-state index in [-0.39, 0.29) is 0 Å². The van der Waals surface area contributed by atoms with Gasteiger partial charge in [-0.15, -0.1) is 11.3 Å². The molecule has 17 heavy (non-hydrogen) atoms. The summed E-state index contributed by atoms with van der Waals surface area (Å²) >= 11 is 1.20. The van der Waals surface area contributed by atoms with Gasteiger partial charge in [-0.2, -0.15) is 13.2 Å². The first-order valence-corrected chi connectivity index (χ1v) is 5.64. The zero-order valence-electron chi connectivity index (χ0n) is 8.88. The minimum Gasteiger partial charge on any atom is -0.375 e. The Balaban J connectivity index is 2.52. The van der Waals surface area contributed by atoms with Crippen molar-refractivity contribution in [1.82, 2.24) is 4.98 Å². The Morgan fingerprint density at radius 2 is 1.94 bits per heavy atom. The average Bonchev–Trinajstić information content (AvgIpc) is 2.62. The molecule has 0 amide bonds. The third kappa shape index (κ3) is 2.61. The van der Waals surface area contributed by atoms with Crippen molar-refractivity contribution < 1.29 is 13.2 Å². The number of rotatable bonds is 1. The van der Waals surface area contributed by atoms with E-state index in [2.05, 4.69) is 4.98 Å². The number of aromatic nitrogens is 1. The van der Waals surface area contributed by atoms with Gasteiger partial charge >= 0.3 is 6.18 Å². The average molecular weight is 256 g/mol. The van der Waals surface area contributed by atoms with E-state index < -0.39 is 11.7 Å². The number of hydrogen-bond acceptors (Lipinski definition) is 3. The van der Waals surface area contributed by atoms with Gasteiger partial charge in [0.2, 0.25) is 0 Å². The molecule has 2 aromatic rings. The van der Waals surface area contributed by atoms with Crippen molar-refractivity contribution in [2.75, 3.05) is 5.73 Å². The molecule has 0 unspecified atom stereocenters. The molecule has 1 aromatic heterocycles. The molecule has 2 N–H and O–H groups in total. The van der Waals surface area contributed by atoms with Gasteiger partial charge in [-0.05, 0) is 6.07 Å². The van der Waals surface area contributed by atoms with Gasteiger partial charge in [0.1, 0.15) is 7.85 Å². The zero-order chi connectivity index (χ0) is 12.6. The summed E-state index contributed by atoms with van der Waals surface area (Å²) in [7, 11) is 1.62. The van der Waals surface area contributed by atoms with Crippen LogP contribution in [0.5, 0.6) is 0 Å². The summed E-state index contributed by atoms with van der Waals surface area (Å²) < 4.78 is 37.9. The van der Waals surface area contributed by atoms with Crippen molar-refractivity contribution in [1.29, 1.82) is 0 Å². The second-order valence-electron chi connectivity index (χ2n) is 3.66. The van der Waals surface area contributed by atoms with Crippen LogP contribution in [0.3, 0.4) is 0 Å². The lowest BCUT2D eigenvalue weighted by Gasteiger charge is -2.09. The lowest BCUT2D eigenvalue weighted by Crippen LogP contribution is -2.11. The number of anilines is 1. The van der Waals surface area contributed by atoms with E-state index >= 15 is 0 Å². The van der Waals surface area contributed by atoms with Gasteiger partial charge < -0.3 is 5.73 Å². The molecule has 0 aliphatic rings. The maximum Gasteiger partial charge on any atom is 0.416 e. The monoisotopic (exact) mass is 256 g/mol. The number of halogens is 3. The van der Waals surface area contributed by atoms with Crippen LogP contribution in [-0.2, 0) is 6.18 Å². The molecule has 0 aliphatic heterocycles. The van der Waals surface area contributed by atoms with Crippen LogP contribution in [0.4, 0.5) is 18.3 Å². The topological polar surface area (TPSA) is 38.9 Å². The Hall–Kier alpha value is -1.50. The molecule has 0 fully saturated rings. The fraction of sp³-hybridized carbons (Fsp3) is 0.100. The van der Waals surface area contributed by atoms with Gasteiger partial charge in [0, 0.05) is 10.9 Å². The van der Waals surface area contributed by atoms with Crippen LogP contribution in [-0.4, -0.2) is 12.8 Å². The molecule has 0 atom stereocenters. The summed E-state index contributed by atoms with van der Waals surface area (Å²) in [6, 6.07) is 3.85. The number of benzene rings is 1. The molecule has 2 rings (SSSR count). The number of hydrogen-bond donors (Lipinski definition) is 1. The molecule has 0 bridgehead atoms. The van der Waals surface area contributed by atoms with E-state index in [1.165, 1.54) is 11.3 Å². The molecule has 88 valence electrons. The van der Waals surface area contributed by atoms with Crippen LogP contribution in [0.2, 0.25) is 0 Å². The highest BCUT2D eigenvalue weighted by molar-refractivity contribution is 7.13. The van der Waals surface area contributed by atoms with Crippen LogP contribution < -0.4 is 11.2 Å². The minimum absolute atomic E-state index is 0.343. The molecule has 7 heteroatoms. The smallest absolute Gasteiger partial charge is 0.375 e. The van der Waals surface area contributed by atoms with Gasteiger partial charge in [0.15, 0.2) is 5.13 Å². The predicted octanol–water partition coefficient (Wildman–Crippen LogP) is 1.67. The summed E-state index contributed by atoms with van der Waals surface area (Å²) in [5.74, 6) is 0. The van der Waals surface area contributed by atoms with Crippen molar-refractivity contribution >= 4 is 29.8 Å². The summed E-state index contributed by atoms with van der Waals surface area (Å²) in [4.78, 5) is 3.97. The maximum atomic E-state index is 12.6. The Labute approximate surface area is 101 Å². The molecular formula is C10H8BF3N2S. The highest BCUT2D eigenvalue weighted by atomic mass is 32.1. The SMILES string of the molecule is Bc1cc(-c2csc(N)n2)cc(C(F)(F)F)c1. The summed E-state index contributed by atoms with van der Waals surface area (Å²) in [5, 5.41) is 1.99. The number of thiazole rings is 1. The van der Waals surface area contributed by atoms with Crippen LogP contribution in [0.15, 0.2) is 23.6 Å². The summed E-state index contributed by atoms with van der Waals surface area (Å²) in [6.07, 6.45) is -4.34. The number of nitrogens with zero attached hydrogens (tertiary/aromatic N) is 1. The lowest BCUT2D eigenvalue weighted by atomic mass is 9.91. The molecule has 0 saturated heterocycles. The van der Waals surface area contributed by atoms with Crippen LogP contribution >= 0.6 is 11.3 Å². The first-order valence-electron chi connectivity index (χ1n) is 4.76. The van der Waals surface area contributed by atoms with E-state index in [4.69, 9.17) is 5.73 Å². The van der Waals surface area contributed by atoms with Crippen molar-refractivity contribution in [3.63, 3.8) is 0 Å². The predicted molar refractivity (Wildman–Crippen MR) is 65.1 cm³/mol. The van der Waals surface area contributed by atoms with Crippen molar-refractivity contribution in [3.8, 4) is 11.3 Å². The Kier molecular flexibility index (Phi) is 2.86. The van der Waals surface area contributed by atoms with Crippen molar-refractivity contribution in [3.05, 3.63) is 29.1 Å². The lowest BCUT2D eigenvalue weighted by molar-refractivity contribution is -0.137. The van der Waals surface area contributed by atoms with Gasteiger partial charge in [-0.3, -0.25) is 0 Å². The van der Waals surface area contributed by atoms with Crippen LogP contribution in [0, 0.1) is 0 Å². The standard InChI is InChI=1S/C10H8BF3N2S/c11-7-2-5(8-4-17-9(15)16-8)1-6(3-7)10(12,13)14/h1-4H,11H2,(H2,15,16). The Bertz CT molecular complexity index is 551. The minimum atomic E-state index is -4.34. The van der Waals surface area contributed by atoms with Gasteiger partial charge in [0.05, 0.1) is 11.3 Å². The third-order valence-corrected chi connectivity index (χ3v) is 2.90. The van der Waals surface area contributed by atoms with Crippen LogP contribution in [0.1, 0.15) is 5.56 Å². The highest BCUT2D eigenvalue weighted by Gasteiger charge is 2.31. The van der Waals surface area contributed by atoms with E-state index in [0.29, 0.717) is 21.9 Å².